The zero-order chi connectivity index (χ0) is 32.5. The summed E-state index contributed by atoms with van der Waals surface area (Å²) < 4.78 is 36.4. The van der Waals surface area contributed by atoms with Gasteiger partial charge in [-0.05, 0) is 52.3 Å². The van der Waals surface area contributed by atoms with Crippen LogP contribution in [0.2, 0.25) is 0 Å². The number of nitrogens with zero attached hydrogens (tertiary/aromatic N) is 7. The molecule has 1 saturated heterocycles. The zero-order valence-electron chi connectivity index (χ0n) is 26.0. The van der Waals surface area contributed by atoms with Crippen molar-refractivity contribution in [3.8, 4) is 0 Å². The number of benzene rings is 1. The number of aromatic nitrogens is 5. The maximum absolute atomic E-state index is 12.7. The van der Waals surface area contributed by atoms with Crippen molar-refractivity contribution in [2.24, 2.45) is 0 Å². The number of rotatable bonds is 8. The molecule has 16 heteroatoms. The van der Waals surface area contributed by atoms with Crippen LogP contribution in [0.1, 0.15) is 48.6 Å². The number of esters is 1. The van der Waals surface area contributed by atoms with E-state index in [1.54, 1.807) is 49.3 Å². The summed E-state index contributed by atoms with van der Waals surface area (Å²) in [5.41, 5.74) is 1.91. The molecular weight excluding hydrogens is 621 g/mol. The normalized spacial score (nSPS) is 14.1. The first kappa shape index (κ1) is 32.1. The number of carbonyl (C=O) groups excluding carboxylic acids is 2. The van der Waals surface area contributed by atoms with E-state index in [0.717, 1.165) is 16.9 Å². The van der Waals surface area contributed by atoms with Crippen molar-refractivity contribution >= 4 is 61.3 Å². The van der Waals surface area contributed by atoms with E-state index in [4.69, 9.17) is 19.4 Å². The highest BCUT2D eigenvalue weighted by molar-refractivity contribution is 7.90. The second-order valence-corrected chi connectivity index (χ2v) is 14.6. The van der Waals surface area contributed by atoms with E-state index in [1.165, 1.54) is 6.26 Å². The largest absolute Gasteiger partial charge is 0.462 e. The molecule has 45 heavy (non-hydrogen) atoms. The van der Waals surface area contributed by atoms with Gasteiger partial charge in [0.15, 0.2) is 32.0 Å². The van der Waals surface area contributed by atoms with Gasteiger partial charge >= 0.3 is 12.1 Å². The number of sulfone groups is 1. The van der Waals surface area contributed by atoms with Crippen LogP contribution < -0.4 is 10.2 Å². The lowest BCUT2D eigenvalue weighted by molar-refractivity contribution is 0.0240. The summed E-state index contributed by atoms with van der Waals surface area (Å²) in [4.78, 5) is 48.1. The average molecular weight is 657 g/mol. The van der Waals surface area contributed by atoms with E-state index in [9.17, 15) is 18.0 Å². The molecule has 1 fully saturated rings. The molecule has 0 bridgehead atoms. The maximum Gasteiger partial charge on any atom is 0.410 e. The Balaban J connectivity index is 1.47. The molecule has 240 valence electrons. The summed E-state index contributed by atoms with van der Waals surface area (Å²) >= 11 is 1.15. The molecule has 1 amide bonds. The number of thiazole rings is 1. The van der Waals surface area contributed by atoms with Crippen molar-refractivity contribution in [3.63, 3.8) is 0 Å². The number of nitrogens with one attached hydrogen (secondary N) is 1. The van der Waals surface area contributed by atoms with E-state index in [2.05, 4.69) is 15.3 Å². The van der Waals surface area contributed by atoms with E-state index in [-0.39, 0.29) is 23.5 Å². The van der Waals surface area contributed by atoms with E-state index in [1.807, 2.05) is 30.2 Å². The van der Waals surface area contributed by atoms with Crippen LogP contribution in [0.15, 0.2) is 35.5 Å². The van der Waals surface area contributed by atoms with Gasteiger partial charge in [0.1, 0.15) is 10.5 Å². The number of anilines is 3. The number of carbonyl (C=O) groups is 2. The molecule has 0 aliphatic carbocycles. The summed E-state index contributed by atoms with van der Waals surface area (Å²) in [6, 6.07) is 6.67. The Kier molecular flexibility index (Phi) is 8.98. The quantitative estimate of drug-likeness (QED) is 0.272. The van der Waals surface area contributed by atoms with Crippen LogP contribution in [0.25, 0.3) is 11.2 Å². The Morgan fingerprint density at radius 1 is 1.04 bits per heavy atom. The second kappa shape index (κ2) is 12.6. The van der Waals surface area contributed by atoms with Gasteiger partial charge in [0.2, 0.25) is 5.95 Å². The summed E-state index contributed by atoms with van der Waals surface area (Å²) in [6.45, 7) is 11.5. The predicted molar refractivity (Wildman–Crippen MR) is 170 cm³/mol. The third-order valence-electron chi connectivity index (χ3n) is 6.86. The van der Waals surface area contributed by atoms with Gasteiger partial charge < -0.3 is 23.8 Å². The molecule has 0 atom stereocenters. The minimum Gasteiger partial charge on any atom is -0.462 e. The first-order valence-electron chi connectivity index (χ1n) is 14.4. The summed E-state index contributed by atoms with van der Waals surface area (Å²) in [5, 5.41) is 3.58. The number of imidazole rings is 1. The van der Waals surface area contributed by atoms with Gasteiger partial charge in [-0.1, -0.05) is 23.5 Å². The monoisotopic (exact) mass is 656 g/mol. The fraction of sp³-hybridized carbons (Fsp3) is 0.448. The number of ether oxygens (including phenoxy) is 2. The lowest BCUT2D eigenvalue weighted by Crippen LogP contribution is -2.50. The van der Waals surface area contributed by atoms with Crippen LogP contribution in [-0.2, 0) is 25.9 Å². The summed E-state index contributed by atoms with van der Waals surface area (Å²) in [7, 11) is -3.32. The average Bonchev–Trinajstić information content (AvgIpc) is 3.54. The Bertz CT molecular complexity index is 1820. The van der Waals surface area contributed by atoms with Crippen LogP contribution in [0, 0.1) is 6.92 Å². The van der Waals surface area contributed by atoms with Crippen LogP contribution in [0.5, 0.6) is 0 Å². The summed E-state index contributed by atoms with van der Waals surface area (Å²) in [5.74, 6) is 0.391. The minimum absolute atomic E-state index is 0.240. The number of aryl methyl sites for hydroxylation is 1. The van der Waals surface area contributed by atoms with Gasteiger partial charge in [-0.2, -0.15) is 9.97 Å². The standard InChI is InChI=1S/C29H36N8O6S2/c1-7-42-25(38)22-18(2)31-27(44-22)34-26-32-23(35-12-14-36(15-13-35)28(39)43-29(3,4)5)21-24(33-26)37(17-30-21)16-19-8-10-20(11-9-19)45(6,40)41/h8-11,17H,7,12-16H2,1-6H3,(H,31,32,33,34). The lowest BCUT2D eigenvalue weighted by Gasteiger charge is -2.36. The number of hydrogen-bond acceptors (Lipinski definition) is 13. The number of piperazine rings is 1. The Hall–Kier alpha value is -4.31. The van der Waals surface area contributed by atoms with E-state index < -0.39 is 21.4 Å². The highest BCUT2D eigenvalue weighted by Gasteiger charge is 2.28. The molecule has 3 aromatic heterocycles. The number of hydrogen-bond donors (Lipinski definition) is 1. The van der Waals surface area contributed by atoms with Crippen LogP contribution >= 0.6 is 11.3 Å². The van der Waals surface area contributed by atoms with Gasteiger partial charge in [-0.25, -0.2) is 28.0 Å². The fourth-order valence-electron chi connectivity index (χ4n) is 4.72. The smallest absolute Gasteiger partial charge is 0.410 e. The lowest BCUT2D eigenvalue weighted by atomic mass is 10.2. The summed E-state index contributed by atoms with van der Waals surface area (Å²) in [6.07, 6.45) is 2.48. The Morgan fingerprint density at radius 3 is 2.36 bits per heavy atom. The molecule has 4 aromatic rings. The van der Waals surface area contributed by atoms with Gasteiger partial charge in [0.05, 0.1) is 30.1 Å². The zero-order valence-corrected chi connectivity index (χ0v) is 27.7. The molecule has 0 saturated carbocycles. The number of amides is 1. The highest BCUT2D eigenvalue weighted by Crippen LogP contribution is 2.30. The van der Waals surface area contributed by atoms with Crippen molar-refractivity contribution in [2.45, 2.75) is 51.7 Å². The van der Waals surface area contributed by atoms with Crippen molar-refractivity contribution in [2.75, 3.05) is 49.3 Å². The molecule has 4 heterocycles. The molecule has 1 aliphatic rings. The number of fused-ring (bicyclic) bond motifs is 1. The van der Waals surface area contributed by atoms with E-state index >= 15 is 0 Å². The molecular formula is C29H36N8O6S2. The second-order valence-electron chi connectivity index (χ2n) is 11.6. The molecule has 1 N–H and O–H groups in total. The molecule has 5 rings (SSSR count). The topological polar surface area (TPSA) is 162 Å². The van der Waals surface area contributed by atoms with Gasteiger partial charge in [0, 0.05) is 32.4 Å². The molecule has 0 unspecified atom stereocenters. The van der Waals surface area contributed by atoms with Crippen LogP contribution in [-0.4, -0.2) is 94.5 Å². The predicted octanol–water partition coefficient (Wildman–Crippen LogP) is 4.02. The SMILES string of the molecule is CCOC(=O)c1sc(Nc2nc(N3CCN(C(=O)OC(C)(C)C)CC3)c3ncn(Cc4ccc(S(C)(=O)=O)cc4)c3n2)nc1C. The molecule has 1 aromatic carbocycles. The third kappa shape index (κ3) is 7.50. The molecule has 0 spiro atoms. The van der Waals surface area contributed by atoms with Crippen molar-refractivity contribution in [1.82, 2.24) is 29.4 Å². The van der Waals surface area contributed by atoms with Crippen LogP contribution in [0.4, 0.5) is 21.7 Å². The van der Waals surface area contributed by atoms with Crippen molar-refractivity contribution in [1.29, 1.82) is 0 Å². The maximum atomic E-state index is 12.7. The first-order chi connectivity index (χ1) is 21.2. The Labute approximate surface area is 265 Å². The van der Waals surface area contributed by atoms with Crippen molar-refractivity contribution < 1.29 is 27.5 Å². The fourth-order valence-corrected chi connectivity index (χ4v) is 6.20. The van der Waals surface area contributed by atoms with Gasteiger partial charge in [-0.3, -0.25) is 5.32 Å². The highest BCUT2D eigenvalue weighted by atomic mass is 32.2. The van der Waals surface area contributed by atoms with E-state index in [0.29, 0.717) is 65.4 Å². The van der Waals surface area contributed by atoms with Gasteiger partial charge in [-0.15, -0.1) is 0 Å². The minimum atomic E-state index is -3.32. The Morgan fingerprint density at radius 2 is 1.73 bits per heavy atom. The molecule has 1 aliphatic heterocycles. The van der Waals surface area contributed by atoms with Crippen LogP contribution in [0.3, 0.4) is 0 Å². The van der Waals surface area contributed by atoms with Crippen molar-refractivity contribution in [3.05, 3.63) is 46.7 Å². The first-order valence-corrected chi connectivity index (χ1v) is 17.1. The third-order valence-corrected chi connectivity index (χ3v) is 9.04. The molecule has 0 radical (unpaired) electrons. The van der Waals surface area contributed by atoms with Gasteiger partial charge in [0.25, 0.3) is 0 Å². The molecule has 14 nitrogen and oxygen atoms in total.